The average molecular weight is 375 g/mol. The minimum absolute atomic E-state index is 0. The summed E-state index contributed by atoms with van der Waals surface area (Å²) in [7, 11) is -4.61. The fraction of sp³-hybridized carbons (Fsp3) is 0. The van der Waals surface area contributed by atoms with Gasteiger partial charge in [-0.2, -0.15) is 5.11 Å². The molecule has 0 spiro atoms. The Balaban J connectivity index is 0.00000225. The molecule has 0 aromatic heterocycles. The molecule has 0 saturated carbocycles. The van der Waals surface area contributed by atoms with Gasteiger partial charge in [0.2, 0.25) is 5.39 Å². The summed E-state index contributed by atoms with van der Waals surface area (Å²) in [5.74, 6) is 0. The molecule has 0 aliphatic carbocycles. The van der Waals surface area contributed by atoms with Crippen LogP contribution in [0.5, 0.6) is 0 Å². The highest BCUT2D eigenvalue weighted by atomic mass is 35.5. The minimum atomic E-state index is -4.61. The van der Waals surface area contributed by atoms with Crippen molar-refractivity contribution in [2.75, 3.05) is 0 Å². The molecule has 0 aliphatic heterocycles. The molecule has 0 atom stereocenters. The molecule has 3 aromatic rings. The molecule has 0 heterocycles. The predicted molar refractivity (Wildman–Crippen MR) is 94.5 cm³/mol. The summed E-state index contributed by atoms with van der Waals surface area (Å²) in [6, 6.07) is 15.8. The van der Waals surface area contributed by atoms with Gasteiger partial charge in [-0.05, 0) is 36.4 Å². The molecular weight excluding hydrogens is 364 g/mol. The summed E-state index contributed by atoms with van der Waals surface area (Å²) < 4.78 is 33.7. The molecule has 0 saturated heterocycles. The monoisotopic (exact) mass is 374 g/mol. The standard InChI is InChI=1S/C16H10N4O3S.ClH/c17-18-15-8-9-16(20-19-11-4-2-1-3-5-11)14-10-12(24(21,22)23)6-7-13(14)15;/h1-10H;1H. The van der Waals surface area contributed by atoms with Gasteiger partial charge >= 0.3 is 5.69 Å². The van der Waals surface area contributed by atoms with Crippen LogP contribution in [0.25, 0.3) is 15.7 Å². The fourth-order valence-electron chi connectivity index (χ4n) is 2.23. The first-order valence-corrected chi connectivity index (χ1v) is 8.24. The van der Waals surface area contributed by atoms with Gasteiger partial charge in [-0.3, -0.25) is 0 Å². The highest BCUT2D eigenvalue weighted by Gasteiger charge is 2.16. The lowest BCUT2D eigenvalue weighted by Crippen LogP contribution is -1.97. The molecule has 0 fully saturated rings. The van der Waals surface area contributed by atoms with Gasteiger partial charge in [0.15, 0.2) is 4.98 Å². The summed E-state index contributed by atoms with van der Waals surface area (Å²) in [6.45, 7) is 0. The van der Waals surface area contributed by atoms with Crippen LogP contribution < -0.4 is 0 Å². The lowest BCUT2D eigenvalue weighted by atomic mass is 10.1. The predicted octanol–water partition coefficient (Wildman–Crippen LogP) is 5.07. The highest BCUT2D eigenvalue weighted by Crippen LogP contribution is 2.35. The molecule has 0 aliphatic rings. The van der Waals surface area contributed by atoms with Crippen molar-refractivity contribution >= 4 is 50.4 Å². The second-order valence-corrected chi connectivity index (χ2v) is 6.28. The number of azo groups is 1. The Morgan fingerprint density at radius 2 is 1.64 bits per heavy atom. The summed E-state index contributed by atoms with van der Waals surface area (Å²) >= 11 is 0. The van der Waals surface area contributed by atoms with Gasteiger partial charge in [0, 0.05) is 11.5 Å². The molecule has 0 amide bonds. The maximum atomic E-state index is 11.2. The van der Waals surface area contributed by atoms with Crippen molar-refractivity contribution in [2.24, 2.45) is 10.2 Å². The second-order valence-electron chi connectivity index (χ2n) is 4.90. The Morgan fingerprint density at radius 1 is 0.920 bits per heavy atom. The average Bonchev–Trinajstić information content (AvgIpc) is 2.59. The van der Waals surface area contributed by atoms with Crippen LogP contribution in [0.1, 0.15) is 0 Å². The van der Waals surface area contributed by atoms with Gasteiger partial charge in [-0.25, -0.2) is 8.42 Å². The van der Waals surface area contributed by atoms with Crippen molar-refractivity contribution in [3.05, 3.63) is 65.6 Å². The van der Waals surface area contributed by atoms with E-state index in [9.17, 15) is 13.0 Å². The molecule has 0 N–H and O–H groups in total. The van der Waals surface area contributed by atoms with Crippen LogP contribution in [-0.2, 0) is 10.1 Å². The molecular formula is C16H11ClN4O3S. The van der Waals surface area contributed by atoms with E-state index in [0.29, 0.717) is 22.1 Å². The molecule has 3 rings (SSSR count). The van der Waals surface area contributed by atoms with E-state index >= 15 is 0 Å². The van der Waals surface area contributed by atoms with E-state index in [1.54, 1.807) is 12.1 Å². The van der Waals surface area contributed by atoms with E-state index in [1.807, 2.05) is 18.2 Å². The summed E-state index contributed by atoms with van der Waals surface area (Å²) in [4.78, 5) is 2.76. The maximum Gasteiger partial charge on any atom is 0.392 e. The van der Waals surface area contributed by atoms with Crippen molar-refractivity contribution in [1.29, 1.82) is 5.39 Å². The summed E-state index contributed by atoms with van der Waals surface area (Å²) in [6.07, 6.45) is 0. The van der Waals surface area contributed by atoms with Gasteiger partial charge in [0.1, 0.15) is 10.1 Å². The van der Waals surface area contributed by atoms with E-state index in [2.05, 4.69) is 15.2 Å². The van der Waals surface area contributed by atoms with Crippen molar-refractivity contribution in [2.45, 2.75) is 4.90 Å². The van der Waals surface area contributed by atoms with Gasteiger partial charge in [0.25, 0.3) is 0 Å². The maximum absolute atomic E-state index is 11.2. The van der Waals surface area contributed by atoms with Crippen LogP contribution >= 0.6 is 12.4 Å². The van der Waals surface area contributed by atoms with Crippen LogP contribution in [0.2, 0.25) is 0 Å². The smallest absolute Gasteiger partial charge is 0.392 e. The minimum Gasteiger partial charge on any atom is -0.744 e. The third-order valence-corrected chi connectivity index (χ3v) is 4.20. The lowest BCUT2D eigenvalue weighted by molar-refractivity contribution is 0.463. The number of benzene rings is 3. The number of hydrogen-bond donors (Lipinski definition) is 0. The first-order valence-electron chi connectivity index (χ1n) is 6.83. The van der Waals surface area contributed by atoms with E-state index < -0.39 is 10.1 Å². The molecule has 25 heavy (non-hydrogen) atoms. The fourth-order valence-corrected chi connectivity index (χ4v) is 2.73. The van der Waals surface area contributed by atoms with E-state index in [0.717, 1.165) is 6.07 Å². The van der Waals surface area contributed by atoms with Crippen LogP contribution in [0.15, 0.2) is 75.8 Å². The van der Waals surface area contributed by atoms with Crippen molar-refractivity contribution in [3.63, 3.8) is 0 Å². The normalized spacial score (nSPS) is 11.2. The van der Waals surface area contributed by atoms with Crippen molar-refractivity contribution in [1.82, 2.24) is 0 Å². The lowest BCUT2D eigenvalue weighted by Gasteiger charge is -2.08. The number of fused-ring (bicyclic) bond motifs is 1. The van der Waals surface area contributed by atoms with E-state index in [4.69, 9.17) is 5.39 Å². The zero-order valence-corrected chi connectivity index (χ0v) is 14.2. The molecule has 3 aromatic carbocycles. The van der Waals surface area contributed by atoms with E-state index in [1.165, 1.54) is 24.3 Å². The third-order valence-electron chi connectivity index (χ3n) is 3.37. The molecule has 0 bridgehead atoms. The molecule has 9 heteroatoms. The van der Waals surface area contributed by atoms with Crippen LogP contribution in [0, 0.1) is 5.39 Å². The number of hydrogen-bond acceptors (Lipinski definition) is 6. The largest absolute Gasteiger partial charge is 0.744 e. The van der Waals surface area contributed by atoms with Gasteiger partial charge < -0.3 is 4.55 Å². The molecule has 126 valence electrons. The zero-order chi connectivity index (χ0) is 17.2. The molecule has 7 nitrogen and oxygen atoms in total. The zero-order valence-electron chi connectivity index (χ0n) is 12.6. The number of diazo groups is 1. The van der Waals surface area contributed by atoms with Gasteiger partial charge in [-0.15, -0.1) is 17.5 Å². The Morgan fingerprint density at radius 3 is 2.28 bits per heavy atom. The number of nitrogens with zero attached hydrogens (tertiary/aromatic N) is 4. The van der Waals surface area contributed by atoms with E-state index in [-0.39, 0.29) is 23.0 Å². The van der Waals surface area contributed by atoms with Crippen LogP contribution in [0.4, 0.5) is 17.1 Å². The van der Waals surface area contributed by atoms with Crippen molar-refractivity contribution in [3.8, 4) is 0 Å². The first-order chi connectivity index (χ1) is 11.5. The first kappa shape index (κ1) is 18.5. The second kappa shape index (κ2) is 7.36. The third kappa shape index (κ3) is 3.97. The Bertz CT molecular complexity index is 1090. The Kier molecular flexibility index (Phi) is 5.44. The number of halogens is 1. The Hall–Kier alpha value is -2.86. The summed E-state index contributed by atoms with van der Waals surface area (Å²) in [5, 5.41) is 18.0. The summed E-state index contributed by atoms with van der Waals surface area (Å²) in [5.41, 5.74) is 1.21. The SMILES string of the molecule is Cl.N#[N+]c1ccc(N=Nc2ccccc2)c2cc(S(=O)(=O)[O-])ccc12. The molecule has 0 unspecified atom stereocenters. The quantitative estimate of drug-likeness (QED) is 0.362. The van der Waals surface area contributed by atoms with Gasteiger partial charge in [0.05, 0.1) is 21.7 Å². The Labute approximate surface area is 149 Å². The van der Waals surface area contributed by atoms with Crippen LogP contribution in [-0.4, -0.2) is 13.0 Å². The van der Waals surface area contributed by atoms with Crippen molar-refractivity contribution < 1.29 is 13.0 Å². The van der Waals surface area contributed by atoms with Gasteiger partial charge in [-0.1, -0.05) is 18.2 Å². The topological polar surface area (TPSA) is 110 Å². The highest BCUT2D eigenvalue weighted by molar-refractivity contribution is 7.85. The number of rotatable bonds is 3. The molecule has 0 radical (unpaired) electrons. The van der Waals surface area contributed by atoms with Crippen LogP contribution in [0.3, 0.4) is 0 Å².